The van der Waals surface area contributed by atoms with Crippen LogP contribution in [0.15, 0.2) is 47.4 Å². The number of hydrogen-bond acceptors (Lipinski definition) is 4. The number of nitrogens with zero attached hydrogens (tertiary/aromatic N) is 2. The van der Waals surface area contributed by atoms with Crippen molar-refractivity contribution in [3.05, 3.63) is 64.3 Å². The Kier molecular flexibility index (Phi) is 6.16. The molecule has 1 aromatic carbocycles. The summed E-state index contributed by atoms with van der Waals surface area (Å²) in [7, 11) is 0. The van der Waals surface area contributed by atoms with E-state index in [1.165, 1.54) is 23.3 Å². The molecule has 1 fully saturated rings. The van der Waals surface area contributed by atoms with E-state index in [0.29, 0.717) is 5.82 Å². The Labute approximate surface area is 180 Å². The number of aromatic nitrogens is 3. The number of rotatable bonds is 6. The Morgan fingerprint density at radius 2 is 1.94 bits per heavy atom. The zero-order valence-corrected chi connectivity index (χ0v) is 17.6. The number of fused-ring (bicyclic) bond motifs is 1. The first-order valence-corrected chi connectivity index (χ1v) is 10.8. The lowest BCUT2D eigenvalue weighted by Gasteiger charge is -2.22. The van der Waals surface area contributed by atoms with Crippen LogP contribution in [0.5, 0.6) is 0 Å². The van der Waals surface area contributed by atoms with Gasteiger partial charge in [-0.1, -0.05) is 31.4 Å². The first-order valence-electron chi connectivity index (χ1n) is 10.8. The first kappa shape index (κ1) is 20.8. The summed E-state index contributed by atoms with van der Waals surface area (Å²) < 4.78 is 1.26. The highest BCUT2D eigenvalue weighted by Crippen LogP contribution is 2.18. The van der Waals surface area contributed by atoms with E-state index in [9.17, 15) is 14.4 Å². The van der Waals surface area contributed by atoms with Gasteiger partial charge in [-0.3, -0.25) is 14.4 Å². The standard InChI is InChI=1S/C23H27N5O3/c1-15(21-26-18-11-5-6-12-19(18)27-21)24-20(29)14-28-13-7-10-17(23(28)31)22(30)25-16-8-3-2-4-9-16/h5-7,10-13,15-16H,2-4,8-9,14H2,1H3,(H,24,29)(H,25,30)(H,26,27)/t15-/m1/s1. The number of pyridine rings is 1. The fourth-order valence-electron chi connectivity index (χ4n) is 4.03. The maximum absolute atomic E-state index is 12.8. The van der Waals surface area contributed by atoms with E-state index in [1.807, 2.05) is 31.2 Å². The summed E-state index contributed by atoms with van der Waals surface area (Å²) in [6, 6.07) is 10.5. The van der Waals surface area contributed by atoms with Crippen molar-refractivity contribution in [3.8, 4) is 0 Å². The SMILES string of the molecule is C[C@@H](NC(=O)Cn1cccc(C(=O)NC2CCCCC2)c1=O)c1nc2ccccc2[nH]1. The van der Waals surface area contributed by atoms with Crippen molar-refractivity contribution in [1.29, 1.82) is 0 Å². The molecule has 0 bridgehead atoms. The van der Waals surface area contributed by atoms with Crippen molar-refractivity contribution in [2.45, 2.75) is 57.7 Å². The van der Waals surface area contributed by atoms with Gasteiger partial charge >= 0.3 is 0 Å². The van der Waals surface area contributed by atoms with Gasteiger partial charge < -0.3 is 20.2 Å². The van der Waals surface area contributed by atoms with Crippen molar-refractivity contribution in [2.24, 2.45) is 0 Å². The maximum atomic E-state index is 12.8. The number of hydrogen-bond donors (Lipinski definition) is 3. The zero-order valence-electron chi connectivity index (χ0n) is 17.6. The number of carbonyl (C=O) groups excluding carboxylic acids is 2. The summed E-state index contributed by atoms with van der Waals surface area (Å²) >= 11 is 0. The molecule has 3 N–H and O–H groups in total. The molecule has 3 aromatic rings. The van der Waals surface area contributed by atoms with Gasteiger partial charge in [-0.15, -0.1) is 0 Å². The highest BCUT2D eigenvalue weighted by atomic mass is 16.2. The van der Waals surface area contributed by atoms with Crippen LogP contribution >= 0.6 is 0 Å². The van der Waals surface area contributed by atoms with Crippen molar-refractivity contribution < 1.29 is 9.59 Å². The Morgan fingerprint density at radius 1 is 1.16 bits per heavy atom. The van der Waals surface area contributed by atoms with Crippen molar-refractivity contribution >= 4 is 22.8 Å². The van der Waals surface area contributed by atoms with Crippen molar-refractivity contribution in [2.75, 3.05) is 0 Å². The highest BCUT2D eigenvalue weighted by Gasteiger charge is 2.20. The molecule has 2 heterocycles. The average molecular weight is 422 g/mol. The van der Waals surface area contributed by atoms with E-state index >= 15 is 0 Å². The molecule has 0 spiro atoms. The van der Waals surface area contributed by atoms with Crippen LogP contribution in [0.1, 0.15) is 61.3 Å². The summed E-state index contributed by atoms with van der Waals surface area (Å²) in [6.07, 6.45) is 6.77. The second-order valence-corrected chi connectivity index (χ2v) is 8.09. The van der Waals surface area contributed by atoms with Crippen LogP contribution in [0.25, 0.3) is 11.0 Å². The van der Waals surface area contributed by atoms with Crippen molar-refractivity contribution in [1.82, 2.24) is 25.2 Å². The number of imidazole rings is 1. The van der Waals surface area contributed by atoms with E-state index < -0.39 is 5.56 Å². The normalized spacial score (nSPS) is 15.5. The van der Waals surface area contributed by atoms with Crippen LogP contribution in [-0.2, 0) is 11.3 Å². The molecule has 1 aliphatic carbocycles. The van der Waals surface area contributed by atoms with Crippen LogP contribution in [0, 0.1) is 0 Å². The molecule has 0 unspecified atom stereocenters. The predicted octanol–water partition coefficient (Wildman–Crippen LogP) is 2.66. The Morgan fingerprint density at radius 3 is 2.71 bits per heavy atom. The van der Waals surface area contributed by atoms with E-state index in [-0.39, 0.29) is 36.0 Å². The third kappa shape index (κ3) is 4.84. The summed E-state index contributed by atoms with van der Waals surface area (Å²) in [4.78, 5) is 45.6. The molecule has 1 aliphatic rings. The molecule has 0 aliphatic heterocycles. The van der Waals surface area contributed by atoms with Gasteiger partial charge in [-0.25, -0.2) is 4.98 Å². The van der Waals surface area contributed by atoms with Gasteiger partial charge in [0.25, 0.3) is 11.5 Å². The summed E-state index contributed by atoms with van der Waals surface area (Å²) in [5.74, 6) is -0.0651. The number of H-pyrrole nitrogens is 1. The number of amides is 2. The highest BCUT2D eigenvalue weighted by molar-refractivity contribution is 5.94. The minimum atomic E-state index is -0.470. The largest absolute Gasteiger partial charge is 0.349 e. The fraction of sp³-hybridized carbons (Fsp3) is 0.391. The summed E-state index contributed by atoms with van der Waals surface area (Å²) in [5, 5.41) is 5.81. The number of nitrogens with one attached hydrogen (secondary N) is 3. The number of para-hydroxylation sites is 2. The molecular formula is C23H27N5O3. The minimum absolute atomic E-state index is 0.0613. The van der Waals surface area contributed by atoms with Crippen LogP contribution < -0.4 is 16.2 Å². The lowest BCUT2D eigenvalue weighted by Crippen LogP contribution is -2.41. The van der Waals surface area contributed by atoms with Gasteiger partial charge in [0.2, 0.25) is 5.91 Å². The van der Waals surface area contributed by atoms with E-state index in [0.717, 1.165) is 36.7 Å². The molecule has 0 saturated heterocycles. The van der Waals surface area contributed by atoms with E-state index in [1.54, 1.807) is 6.07 Å². The Hall–Kier alpha value is -3.42. The first-order chi connectivity index (χ1) is 15.0. The van der Waals surface area contributed by atoms with Gasteiger partial charge in [-0.05, 0) is 44.0 Å². The van der Waals surface area contributed by atoms with Gasteiger partial charge in [0.05, 0.1) is 17.1 Å². The molecular weight excluding hydrogens is 394 g/mol. The predicted molar refractivity (Wildman–Crippen MR) is 118 cm³/mol. The number of benzene rings is 1. The fourth-order valence-corrected chi connectivity index (χ4v) is 4.03. The van der Waals surface area contributed by atoms with Gasteiger partial charge in [-0.2, -0.15) is 0 Å². The quantitative estimate of drug-likeness (QED) is 0.568. The molecule has 2 aromatic heterocycles. The molecule has 1 saturated carbocycles. The molecule has 31 heavy (non-hydrogen) atoms. The number of carbonyl (C=O) groups is 2. The third-order valence-electron chi connectivity index (χ3n) is 5.71. The van der Waals surface area contributed by atoms with Gasteiger partial charge in [0, 0.05) is 12.2 Å². The number of aromatic amines is 1. The van der Waals surface area contributed by atoms with Gasteiger partial charge in [0.1, 0.15) is 17.9 Å². The van der Waals surface area contributed by atoms with E-state index in [2.05, 4.69) is 20.6 Å². The summed E-state index contributed by atoms with van der Waals surface area (Å²) in [5.41, 5.74) is 1.31. The molecule has 8 nitrogen and oxygen atoms in total. The van der Waals surface area contributed by atoms with Crippen LogP contribution in [0.2, 0.25) is 0 Å². The Balaban J connectivity index is 1.41. The van der Waals surface area contributed by atoms with Gasteiger partial charge in [0.15, 0.2) is 0 Å². The smallest absolute Gasteiger partial charge is 0.263 e. The molecule has 1 atom stereocenters. The monoisotopic (exact) mass is 421 g/mol. The second kappa shape index (κ2) is 9.16. The van der Waals surface area contributed by atoms with Crippen LogP contribution in [0.3, 0.4) is 0 Å². The minimum Gasteiger partial charge on any atom is -0.349 e. The maximum Gasteiger partial charge on any atom is 0.263 e. The molecule has 0 radical (unpaired) electrons. The molecule has 8 heteroatoms. The molecule has 2 amide bonds. The Bertz CT molecular complexity index is 1110. The van der Waals surface area contributed by atoms with E-state index in [4.69, 9.17) is 0 Å². The van der Waals surface area contributed by atoms with Crippen molar-refractivity contribution in [3.63, 3.8) is 0 Å². The molecule has 4 rings (SSSR count). The molecule has 162 valence electrons. The zero-order chi connectivity index (χ0) is 21.8. The third-order valence-corrected chi connectivity index (χ3v) is 5.71. The summed E-state index contributed by atoms with van der Waals surface area (Å²) in [6.45, 7) is 1.65. The topological polar surface area (TPSA) is 109 Å². The second-order valence-electron chi connectivity index (χ2n) is 8.09. The average Bonchev–Trinajstić information content (AvgIpc) is 3.20. The lowest BCUT2D eigenvalue weighted by atomic mass is 9.95. The van der Waals surface area contributed by atoms with Crippen LogP contribution in [-0.4, -0.2) is 32.4 Å². The van der Waals surface area contributed by atoms with Crippen LogP contribution in [0.4, 0.5) is 0 Å². The lowest BCUT2D eigenvalue weighted by molar-refractivity contribution is -0.122.